The second-order valence-electron chi connectivity index (χ2n) is 5.72. The van der Waals surface area contributed by atoms with Crippen LogP contribution in [0.5, 0.6) is 5.75 Å². The van der Waals surface area contributed by atoms with Gasteiger partial charge in [0.15, 0.2) is 5.78 Å². The number of benzene rings is 1. The van der Waals surface area contributed by atoms with Crippen molar-refractivity contribution in [3.63, 3.8) is 0 Å². The molecule has 1 aliphatic heterocycles. The standard InChI is InChI=1S/C19H17N3O2S/c23-19-14(10-16-2-1-9-25-16)12-21-18-11-15(3-4-17(18)19)24-8-7-22-6-5-20-13-22/h1-6,9-11,13,21H,7-8,12H2. The molecular weight excluding hydrogens is 334 g/mol. The summed E-state index contributed by atoms with van der Waals surface area (Å²) < 4.78 is 7.74. The number of carbonyl (C=O) groups excluding carboxylic acids is 1. The summed E-state index contributed by atoms with van der Waals surface area (Å²) in [4.78, 5) is 17.8. The number of fused-ring (bicyclic) bond motifs is 1. The Morgan fingerprint density at radius 2 is 2.32 bits per heavy atom. The van der Waals surface area contributed by atoms with Gasteiger partial charge in [0.1, 0.15) is 12.4 Å². The van der Waals surface area contributed by atoms with Gasteiger partial charge in [-0.1, -0.05) is 6.07 Å². The molecule has 0 spiro atoms. The Kier molecular flexibility index (Phi) is 4.35. The summed E-state index contributed by atoms with van der Waals surface area (Å²) >= 11 is 1.63. The first-order valence-electron chi connectivity index (χ1n) is 8.05. The minimum absolute atomic E-state index is 0.0760. The van der Waals surface area contributed by atoms with E-state index in [2.05, 4.69) is 10.3 Å². The fraction of sp³-hybridized carbons (Fsp3) is 0.158. The number of nitrogens with zero attached hydrogens (tertiary/aromatic N) is 2. The number of ketones is 1. The molecule has 0 amide bonds. The molecule has 5 nitrogen and oxygen atoms in total. The van der Waals surface area contributed by atoms with Crippen molar-refractivity contribution in [3.8, 4) is 5.75 Å². The van der Waals surface area contributed by atoms with Gasteiger partial charge in [-0.3, -0.25) is 4.79 Å². The van der Waals surface area contributed by atoms with Gasteiger partial charge in [-0.2, -0.15) is 0 Å². The maximum absolute atomic E-state index is 12.7. The predicted molar refractivity (Wildman–Crippen MR) is 99.3 cm³/mol. The molecule has 126 valence electrons. The molecule has 0 bridgehead atoms. The zero-order chi connectivity index (χ0) is 17.1. The number of thiophene rings is 1. The van der Waals surface area contributed by atoms with Crippen molar-refractivity contribution >= 4 is 28.9 Å². The molecule has 1 aliphatic rings. The summed E-state index contributed by atoms with van der Waals surface area (Å²) in [5.74, 6) is 0.831. The molecule has 3 aromatic rings. The van der Waals surface area contributed by atoms with Gasteiger partial charge >= 0.3 is 0 Å². The van der Waals surface area contributed by atoms with Gasteiger partial charge in [0.2, 0.25) is 0 Å². The highest BCUT2D eigenvalue weighted by Crippen LogP contribution is 2.29. The van der Waals surface area contributed by atoms with Crippen molar-refractivity contribution in [3.05, 3.63) is 70.4 Å². The van der Waals surface area contributed by atoms with E-state index in [9.17, 15) is 4.79 Å². The number of rotatable bonds is 5. The van der Waals surface area contributed by atoms with Crippen molar-refractivity contribution < 1.29 is 9.53 Å². The molecule has 0 fully saturated rings. The van der Waals surface area contributed by atoms with Crippen LogP contribution in [0.25, 0.3) is 6.08 Å². The second-order valence-corrected chi connectivity index (χ2v) is 6.70. The van der Waals surface area contributed by atoms with E-state index in [1.807, 2.05) is 52.6 Å². The van der Waals surface area contributed by atoms with Gasteiger partial charge in [0, 0.05) is 46.7 Å². The van der Waals surface area contributed by atoms with E-state index in [0.717, 1.165) is 28.4 Å². The maximum atomic E-state index is 12.7. The molecule has 0 unspecified atom stereocenters. The zero-order valence-electron chi connectivity index (χ0n) is 13.5. The number of anilines is 1. The van der Waals surface area contributed by atoms with Crippen molar-refractivity contribution in [2.75, 3.05) is 18.5 Å². The Labute approximate surface area is 149 Å². The van der Waals surface area contributed by atoms with Crippen LogP contribution in [0.3, 0.4) is 0 Å². The third-order valence-corrected chi connectivity index (χ3v) is 4.85. The van der Waals surface area contributed by atoms with Gasteiger partial charge in [-0.15, -0.1) is 11.3 Å². The van der Waals surface area contributed by atoms with E-state index in [1.54, 1.807) is 23.9 Å². The largest absolute Gasteiger partial charge is 0.492 e. The van der Waals surface area contributed by atoms with Crippen molar-refractivity contribution in [1.82, 2.24) is 9.55 Å². The minimum atomic E-state index is 0.0760. The van der Waals surface area contributed by atoms with Crippen molar-refractivity contribution in [1.29, 1.82) is 0 Å². The van der Waals surface area contributed by atoms with E-state index in [1.165, 1.54) is 0 Å². The van der Waals surface area contributed by atoms with Gasteiger partial charge < -0.3 is 14.6 Å². The highest BCUT2D eigenvalue weighted by Gasteiger charge is 2.22. The second kappa shape index (κ2) is 6.94. The van der Waals surface area contributed by atoms with E-state index in [-0.39, 0.29) is 5.78 Å². The monoisotopic (exact) mass is 351 g/mol. The number of hydrogen-bond acceptors (Lipinski definition) is 5. The lowest BCUT2D eigenvalue weighted by Crippen LogP contribution is -2.21. The number of hydrogen-bond donors (Lipinski definition) is 1. The first-order valence-corrected chi connectivity index (χ1v) is 8.93. The highest BCUT2D eigenvalue weighted by molar-refractivity contribution is 7.10. The molecule has 6 heteroatoms. The molecule has 0 aliphatic carbocycles. The van der Waals surface area contributed by atoms with Crippen molar-refractivity contribution in [2.45, 2.75) is 6.54 Å². The van der Waals surface area contributed by atoms with E-state index in [0.29, 0.717) is 18.7 Å². The Hall–Kier alpha value is -2.86. The molecule has 4 rings (SSSR count). The molecule has 2 aromatic heterocycles. The predicted octanol–water partition coefficient (Wildman–Crippen LogP) is 3.72. The number of carbonyl (C=O) groups is 1. The molecule has 0 saturated heterocycles. The zero-order valence-corrected chi connectivity index (χ0v) is 14.3. The number of Topliss-reactive ketones (excluding diaryl/α,β-unsaturated/α-hetero) is 1. The quantitative estimate of drug-likeness (QED) is 0.712. The van der Waals surface area contributed by atoms with Crippen LogP contribution in [0, 0.1) is 0 Å². The summed E-state index contributed by atoms with van der Waals surface area (Å²) in [5.41, 5.74) is 2.30. The fourth-order valence-corrected chi connectivity index (χ4v) is 3.43. The lowest BCUT2D eigenvalue weighted by atomic mass is 9.97. The third kappa shape index (κ3) is 3.49. The van der Waals surface area contributed by atoms with Gasteiger partial charge in [0.05, 0.1) is 12.9 Å². The van der Waals surface area contributed by atoms with Crippen LogP contribution in [-0.2, 0) is 6.54 Å². The smallest absolute Gasteiger partial charge is 0.192 e. The highest BCUT2D eigenvalue weighted by atomic mass is 32.1. The number of imidazole rings is 1. The van der Waals surface area contributed by atoms with E-state index in [4.69, 9.17) is 4.74 Å². The summed E-state index contributed by atoms with van der Waals surface area (Å²) in [6.45, 7) is 1.81. The topological polar surface area (TPSA) is 56.1 Å². The Balaban J connectivity index is 1.46. The van der Waals surface area contributed by atoms with Crippen molar-refractivity contribution in [2.24, 2.45) is 0 Å². The summed E-state index contributed by atoms with van der Waals surface area (Å²) in [6.07, 6.45) is 7.37. The SMILES string of the molecule is O=C1C(=Cc2cccs2)CNc2cc(OCCn3ccnc3)ccc21. The Morgan fingerprint density at radius 1 is 1.36 bits per heavy atom. The average molecular weight is 351 g/mol. The molecule has 0 atom stereocenters. The van der Waals surface area contributed by atoms with Crippen LogP contribution in [0.15, 0.2) is 60.0 Å². The summed E-state index contributed by atoms with van der Waals surface area (Å²) in [7, 11) is 0. The van der Waals surface area contributed by atoms with Crippen LogP contribution in [0.4, 0.5) is 5.69 Å². The average Bonchev–Trinajstić information content (AvgIpc) is 3.31. The summed E-state index contributed by atoms with van der Waals surface area (Å²) in [5, 5.41) is 5.33. The van der Waals surface area contributed by atoms with Gasteiger partial charge in [-0.05, 0) is 29.7 Å². The Morgan fingerprint density at radius 3 is 3.12 bits per heavy atom. The molecule has 3 heterocycles. The molecule has 1 aromatic carbocycles. The van der Waals surface area contributed by atoms with Crippen LogP contribution in [0.1, 0.15) is 15.2 Å². The van der Waals surface area contributed by atoms with Crippen LogP contribution >= 0.6 is 11.3 Å². The molecule has 0 saturated carbocycles. The Bertz CT molecular complexity index is 899. The van der Waals surface area contributed by atoms with Crippen LogP contribution in [0.2, 0.25) is 0 Å². The fourth-order valence-electron chi connectivity index (χ4n) is 2.75. The maximum Gasteiger partial charge on any atom is 0.192 e. The van der Waals surface area contributed by atoms with Gasteiger partial charge in [-0.25, -0.2) is 4.98 Å². The minimum Gasteiger partial charge on any atom is -0.492 e. The van der Waals surface area contributed by atoms with Gasteiger partial charge in [0.25, 0.3) is 0 Å². The molecule has 0 radical (unpaired) electrons. The van der Waals surface area contributed by atoms with Crippen LogP contribution in [-0.4, -0.2) is 28.5 Å². The van der Waals surface area contributed by atoms with Crippen LogP contribution < -0.4 is 10.1 Å². The normalized spacial score (nSPS) is 15.0. The molecule has 1 N–H and O–H groups in total. The lowest BCUT2D eigenvalue weighted by molar-refractivity contribution is 0.103. The number of nitrogens with one attached hydrogen (secondary N) is 1. The first-order chi connectivity index (χ1) is 12.3. The summed E-state index contributed by atoms with van der Waals surface area (Å²) in [6, 6.07) is 9.57. The first kappa shape index (κ1) is 15.7. The lowest BCUT2D eigenvalue weighted by Gasteiger charge is -2.20. The van der Waals surface area contributed by atoms with E-state index < -0.39 is 0 Å². The van der Waals surface area contributed by atoms with E-state index >= 15 is 0 Å². The number of aromatic nitrogens is 2. The molecular formula is C19H17N3O2S. The molecule has 25 heavy (non-hydrogen) atoms. The third-order valence-electron chi connectivity index (χ3n) is 4.03. The number of ether oxygens (including phenoxy) is 1.